The fourth-order valence-electron chi connectivity index (χ4n) is 1.36. The van der Waals surface area contributed by atoms with Gasteiger partial charge in [0.25, 0.3) is 5.91 Å². The average molecular weight is 211 g/mol. The Morgan fingerprint density at radius 2 is 2.13 bits per heavy atom. The molecular weight excluding hydrogens is 204 g/mol. The first-order valence-electron chi connectivity index (χ1n) is 4.17. The highest BCUT2D eigenvalue weighted by Crippen LogP contribution is 2.24. The van der Waals surface area contributed by atoms with Crippen LogP contribution in [0.15, 0.2) is 23.2 Å². The first-order chi connectivity index (χ1) is 7.08. The molecule has 15 heavy (non-hydrogen) atoms. The quantitative estimate of drug-likeness (QED) is 0.708. The van der Waals surface area contributed by atoms with Gasteiger partial charge in [-0.3, -0.25) is 10.1 Å². The van der Waals surface area contributed by atoms with E-state index in [1.807, 2.05) is 0 Å². The van der Waals surface area contributed by atoms with Crippen molar-refractivity contribution in [1.29, 1.82) is 0 Å². The molecule has 1 amide bonds. The molecule has 78 valence electrons. The van der Waals surface area contributed by atoms with Crippen molar-refractivity contribution in [2.45, 2.75) is 6.04 Å². The fourth-order valence-corrected chi connectivity index (χ4v) is 1.36. The van der Waals surface area contributed by atoms with E-state index in [1.165, 1.54) is 0 Å². The summed E-state index contributed by atoms with van der Waals surface area (Å²) in [4.78, 5) is 14.9. The highest BCUT2D eigenvalue weighted by Gasteiger charge is 2.29. The van der Waals surface area contributed by atoms with Gasteiger partial charge < -0.3 is 5.73 Å². The molecule has 0 saturated carbocycles. The smallest absolute Gasteiger partial charge is 0.256 e. The SMILES string of the molecule is NC1=NC(c2cc(F)ccc2F)C(=O)N1. The molecule has 1 aromatic rings. The Hall–Kier alpha value is -1.98. The summed E-state index contributed by atoms with van der Waals surface area (Å²) in [6, 6.07) is 1.75. The Bertz CT molecular complexity index is 459. The Labute approximate surface area is 83.8 Å². The molecule has 1 aliphatic heterocycles. The molecule has 4 nitrogen and oxygen atoms in total. The van der Waals surface area contributed by atoms with Crippen LogP contribution in [0.3, 0.4) is 0 Å². The van der Waals surface area contributed by atoms with Crippen molar-refractivity contribution in [2.75, 3.05) is 0 Å². The van der Waals surface area contributed by atoms with Gasteiger partial charge in [0, 0.05) is 5.56 Å². The van der Waals surface area contributed by atoms with Crippen LogP contribution in [0.2, 0.25) is 0 Å². The number of benzene rings is 1. The molecule has 3 N–H and O–H groups in total. The molecule has 1 unspecified atom stereocenters. The number of nitrogens with two attached hydrogens (primary N) is 1. The van der Waals surface area contributed by atoms with Crippen molar-refractivity contribution < 1.29 is 13.6 Å². The van der Waals surface area contributed by atoms with E-state index in [4.69, 9.17) is 5.73 Å². The van der Waals surface area contributed by atoms with Gasteiger partial charge in [-0.1, -0.05) is 0 Å². The van der Waals surface area contributed by atoms with Gasteiger partial charge in [0.1, 0.15) is 11.6 Å². The van der Waals surface area contributed by atoms with Gasteiger partial charge >= 0.3 is 0 Å². The van der Waals surface area contributed by atoms with E-state index in [-0.39, 0.29) is 11.5 Å². The van der Waals surface area contributed by atoms with Crippen LogP contribution in [-0.4, -0.2) is 11.9 Å². The van der Waals surface area contributed by atoms with Crippen LogP contribution in [0.5, 0.6) is 0 Å². The Morgan fingerprint density at radius 1 is 1.40 bits per heavy atom. The first kappa shape index (κ1) is 9.57. The summed E-state index contributed by atoms with van der Waals surface area (Å²) >= 11 is 0. The van der Waals surface area contributed by atoms with E-state index in [0.29, 0.717) is 0 Å². The number of amides is 1. The normalized spacial score (nSPS) is 20.0. The second-order valence-electron chi connectivity index (χ2n) is 3.07. The maximum Gasteiger partial charge on any atom is 0.256 e. The number of nitrogens with one attached hydrogen (secondary N) is 1. The minimum absolute atomic E-state index is 0.0892. The lowest BCUT2D eigenvalue weighted by Crippen LogP contribution is -2.31. The zero-order valence-electron chi connectivity index (χ0n) is 7.50. The summed E-state index contributed by atoms with van der Waals surface area (Å²) in [5.74, 6) is -1.96. The van der Waals surface area contributed by atoms with Gasteiger partial charge in [-0.25, -0.2) is 13.8 Å². The molecule has 2 rings (SSSR count). The lowest BCUT2D eigenvalue weighted by atomic mass is 10.1. The lowest BCUT2D eigenvalue weighted by Gasteiger charge is -2.05. The predicted octanol–water partition coefficient (Wildman–Crippen LogP) is 0.450. The monoisotopic (exact) mass is 211 g/mol. The molecule has 1 heterocycles. The number of carbonyl (C=O) groups is 1. The topological polar surface area (TPSA) is 67.5 Å². The van der Waals surface area contributed by atoms with Crippen molar-refractivity contribution in [3.63, 3.8) is 0 Å². The highest BCUT2D eigenvalue weighted by molar-refractivity contribution is 6.04. The summed E-state index contributed by atoms with van der Waals surface area (Å²) in [5.41, 5.74) is 5.13. The van der Waals surface area contributed by atoms with Gasteiger partial charge in [-0.05, 0) is 18.2 Å². The number of hydrogen-bond acceptors (Lipinski definition) is 3. The van der Waals surface area contributed by atoms with Crippen LogP contribution in [0.1, 0.15) is 11.6 Å². The molecule has 0 spiro atoms. The third kappa shape index (κ3) is 1.65. The van der Waals surface area contributed by atoms with E-state index in [2.05, 4.69) is 10.3 Å². The lowest BCUT2D eigenvalue weighted by molar-refractivity contribution is -0.120. The van der Waals surface area contributed by atoms with Crippen molar-refractivity contribution in [1.82, 2.24) is 5.32 Å². The zero-order valence-corrected chi connectivity index (χ0v) is 7.50. The zero-order chi connectivity index (χ0) is 11.0. The van der Waals surface area contributed by atoms with Crippen LogP contribution in [0, 0.1) is 11.6 Å². The molecule has 0 fully saturated rings. The number of aliphatic imine (C=N–C) groups is 1. The van der Waals surface area contributed by atoms with Gasteiger partial charge in [-0.2, -0.15) is 0 Å². The number of rotatable bonds is 1. The number of guanidine groups is 1. The van der Waals surface area contributed by atoms with Gasteiger partial charge in [-0.15, -0.1) is 0 Å². The second-order valence-corrected chi connectivity index (χ2v) is 3.07. The number of nitrogens with zero attached hydrogens (tertiary/aromatic N) is 1. The number of hydrogen-bond donors (Lipinski definition) is 2. The van der Waals surface area contributed by atoms with Crippen LogP contribution in [0.4, 0.5) is 8.78 Å². The maximum atomic E-state index is 13.3. The molecule has 0 radical (unpaired) electrons. The molecule has 0 saturated heterocycles. The van der Waals surface area contributed by atoms with Gasteiger partial charge in [0.15, 0.2) is 12.0 Å². The van der Waals surface area contributed by atoms with E-state index < -0.39 is 23.6 Å². The minimum atomic E-state index is -1.10. The third-order valence-electron chi connectivity index (χ3n) is 2.02. The van der Waals surface area contributed by atoms with E-state index in [1.54, 1.807) is 0 Å². The largest absolute Gasteiger partial charge is 0.370 e. The van der Waals surface area contributed by atoms with Gasteiger partial charge in [0.05, 0.1) is 0 Å². The van der Waals surface area contributed by atoms with Crippen LogP contribution < -0.4 is 11.1 Å². The molecule has 1 atom stereocenters. The molecule has 0 aromatic heterocycles. The Balaban J connectivity index is 2.45. The summed E-state index contributed by atoms with van der Waals surface area (Å²) in [5, 5.41) is 2.21. The molecule has 1 aromatic carbocycles. The Morgan fingerprint density at radius 3 is 2.73 bits per heavy atom. The van der Waals surface area contributed by atoms with Crippen LogP contribution >= 0.6 is 0 Å². The maximum absolute atomic E-state index is 13.3. The van der Waals surface area contributed by atoms with Crippen molar-refractivity contribution in [3.8, 4) is 0 Å². The van der Waals surface area contributed by atoms with Crippen LogP contribution in [-0.2, 0) is 4.79 Å². The second kappa shape index (κ2) is 3.30. The summed E-state index contributed by atoms with van der Waals surface area (Å²) in [6.45, 7) is 0. The molecule has 6 heteroatoms. The summed E-state index contributed by atoms with van der Waals surface area (Å²) < 4.78 is 26.1. The molecule has 0 aliphatic carbocycles. The van der Waals surface area contributed by atoms with Crippen molar-refractivity contribution >= 4 is 11.9 Å². The third-order valence-corrected chi connectivity index (χ3v) is 2.02. The molecular formula is C9H7F2N3O. The summed E-state index contributed by atoms with van der Waals surface area (Å²) in [7, 11) is 0. The van der Waals surface area contributed by atoms with Crippen molar-refractivity contribution in [2.24, 2.45) is 10.7 Å². The van der Waals surface area contributed by atoms with Crippen LogP contribution in [0.25, 0.3) is 0 Å². The minimum Gasteiger partial charge on any atom is -0.370 e. The number of halogens is 2. The Kier molecular flexibility index (Phi) is 2.11. The van der Waals surface area contributed by atoms with Crippen molar-refractivity contribution in [3.05, 3.63) is 35.4 Å². The molecule has 1 aliphatic rings. The highest BCUT2D eigenvalue weighted by atomic mass is 19.1. The van der Waals surface area contributed by atoms with Gasteiger partial charge in [0.2, 0.25) is 0 Å². The predicted molar refractivity (Wildman–Crippen MR) is 48.9 cm³/mol. The fraction of sp³-hybridized carbons (Fsp3) is 0.111. The average Bonchev–Trinajstić information content (AvgIpc) is 2.50. The van der Waals surface area contributed by atoms with E-state index >= 15 is 0 Å². The first-order valence-corrected chi connectivity index (χ1v) is 4.17. The van der Waals surface area contributed by atoms with E-state index in [0.717, 1.165) is 18.2 Å². The standard InChI is InChI=1S/C9H7F2N3O/c10-4-1-2-6(11)5(3-4)7-8(15)14-9(12)13-7/h1-3,7H,(H3,12,13,14,15). The number of carbonyl (C=O) groups excluding carboxylic acids is 1. The summed E-state index contributed by atoms with van der Waals surface area (Å²) in [6.07, 6.45) is 0. The molecule has 0 bridgehead atoms. The van der Waals surface area contributed by atoms with E-state index in [9.17, 15) is 13.6 Å².